The highest BCUT2D eigenvalue weighted by atomic mass is 16.1. The predicted octanol–water partition coefficient (Wildman–Crippen LogP) is 4.99. The lowest BCUT2D eigenvalue weighted by Crippen LogP contribution is -2.24. The Hall–Kier alpha value is -2.62. The van der Waals surface area contributed by atoms with Crippen LogP contribution >= 0.6 is 0 Å². The predicted molar refractivity (Wildman–Crippen MR) is 105 cm³/mol. The summed E-state index contributed by atoms with van der Waals surface area (Å²) in [5.74, 6) is 0.599. The van der Waals surface area contributed by atoms with Crippen LogP contribution in [0, 0.1) is 0 Å². The van der Waals surface area contributed by atoms with Gasteiger partial charge in [-0.1, -0.05) is 52.0 Å². The molecule has 1 aromatic heterocycles. The standard InChI is InChI=1S/C21H27N3O/c1-6-11-23-21(25)19-13-16(10-12-22-19)24-20-17(14(2)3)8-7-9-18(20)15(4)5/h6-10,12-15H,1,11H2,2-5H3,(H,22,24)(H,23,25). The molecular formula is C21H27N3O. The molecule has 1 aromatic carbocycles. The van der Waals surface area contributed by atoms with Crippen molar-refractivity contribution in [3.63, 3.8) is 0 Å². The maximum absolute atomic E-state index is 12.1. The van der Waals surface area contributed by atoms with Crippen LogP contribution < -0.4 is 10.6 Å². The lowest BCUT2D eigenvalue weighted by atomic mass is 9.92. The monoisotopic (exact) mass is 337 g/mol. The van der Waals surface area contributed by atoms with Crippen LogP contribution in [0.25, 0.3) is 0 Å². The van der Waals surface area contributed by atoms with Crippen molar-refractivity contribution >= 4 is 17.3 Å². The fraction of sp³-hybridized carbons (Fsp3) is 0.333. The Labute approximate surface area is 150 Å². The summed E-state index contributed by atoms with van der Waals surface area (Å²) in [5.41, 5.74) is 4.89. The van der Waals surface area contributed by atoms with Crippen molar-refractivity contribution in [1.29, 1.82) is 0 Å². The zero-order chi connectivity index (χ0) is 18.4. The third kappa shape index (κ3) is 4.69. The lowest BCUT2D eigenvalue weighted by Gasteiger charge is -2.21. The molecule has 0 aliphatic heterocycles. The molecule has 0 fully saturated rings. The van der Waals surface area contributed by atoms with Crippen LogP contribution in [-0.4, -0.2) is 17.4 Å². The van der Waals surface area contributed by atoms with Gasteiger partial charge in [-0.2, -0.15) is 0 Å². The van der Waals surface area contributed by atoms with Gasteiger partial charge in [-0.25, -0.2) is 0 Å². The van der Waals surface area contributed by atoms with Crippen LogP contribution in [-0.2, 0) is 0 Å². The molecule has 0 saturated carbocycles. The summed E-state index contributed by atoms with van der Waals surface area (Å²) < 4.78 is 0. The summed E-state index contributed by atoms with van der Waals surface area (Å²) in [7, 11) is 0. The molecule has 0 unspecified atom stereocenters. The second kappa shape index (κ2) is 8.47. The number of carbonyl (C=O) groups is 1. The Kier molecular flexibility index (Phi) is 6.34. The average molecular weight is 337 g/mol. The molecule has 0 radical (unpaired) electrons. The number of benzene rings is 1. The molecule has 1 heterocycles. The second-order valence-corrected chi connectivity index (χ2v) is 6.67. The maximum atomic E-state index is 12.1. The summed E-state index contributed by atoms with van der Waals surface area (Å²) in [6.07, 6.45) is 3.30. The molecular weight excluding hydrogens is 310 g/mol. The van der Waals surface area contributed by atoms with Crippen LogP contribution in [0.2, 0.25) is 0 Å². The fourth-order valence-corrected chi connectivity index (χ4v) is 2.73. The summed E-state index contributed by atoms with van der Waals surface area (Å²) in [4.78, 5) is 16.3. The molecule has 2 aromatic rings. The highest BCUT2D eigenvalue weighted by Crippen LogP contribution is 2.34. The summed E-state index contributed by atoms with van der Waals surface area (Å²) in [5, 5.41) is 6.27. The van der Waals surface area contributed by atoms with Crippen LogP contribution in [0.4, 0.5) is 11.4 Å². The molecule has 4 heteroatoms. The summed E-state index contributed by atoms with van der Waals surface area (Å²) in [6.45, 7) is 12.8. The van der Waals surface area contributed by atoms with Gasteiger partial charge in [0.2, 0.25) is 0 Å². The molecule has 2 N–H and O–H groups in total. The topological polar surface area (TPSA) is 54.0 Å². The Balaban J connectivity index is 2.36. The van der Waals surface area contributed by atoms with Gasteiger partial charge in [-0.05, 0) is 35.1 Å². The van der Waals surface area contributed by atoms with Crippen molar-refractivity contribution in [1.82, 2.24) is 10.3 Å². The number of carbonyl (C=O) groups excluding carboxylic acids is 1. The van der Waals surface area contributed by atoms with E-state index in [0.29, 0.717) is 24.1 Å². The molecule has 0 aliphatic rings. The van der Waals surface area contributed by atoms with Crippen LogP contribution in [0.3, 0.4) is 0 Å². The highest BCUT2D eigenvalue weighted by molar-refractivity contribution is 5.93. The first-order chi connectivity index (χ1) is 11.9. The zero-order valence-corrected chi connectivity index (χ0v) is 15.5. The van der Waals surface area contributed by atoms with Gasteiger partial charge in [0, 0.05) is 24.1 Å². The number of hydrogen-bond acceptors (Lipinski definition) is 3. The zero-order valence-electron chi connectivity index (χ0n) is 15.5. The molecule has 25 heavy (non-hydrogen) atoms. The molecule has 0 spiro atoms. The van der Waals surface area contributed by atoms with E-state index in [-0.39, 0.29) is 5.91 Å². The van der Waals surface area contributed by atoms with Gasteiger partial charge >= 0.3 is 0 Å². The number of nitrogens with one attached hydrogen (secondary N) is 2. The van der Waals surface area contributed by atoms with E-state index in [1.54, 1.807) is 18.3 Å². The quantitative estimate of drug-likeness (QED) is 0.700. The molecule has 2 rings (SSSR count). The Morgan fingerprint density at radius 2 is 1.80 bits per heavy atom. The van der Waals surface area contributed by atoms with E-state index in [0.717, 1.165) is 11.4 Å². The third-order valence-electron chi connectivity index (χ3n) is 4.04. The van der Waals surface area contributed by atoms with Gasteiger partial charge in [-0.3, -0.25) is 9.78 Å². The lowest BCUT2D eigenvalue weighted by molar-refractivity contribution is 0.0953. The molecule has 0 bridgehead atoms. The van der Waals surface area contributed by atoms with E-state index in [4.69, 9.17) is 0 Å². The van der Waals surface area contributed by atoms with Gasteiger partial charge in [-0.15, -0.1) is 6.58 Å². The normalized spacial score (nSPS) is 10.8. The molecule has 0 aliphatic carbocycles. The van der Waals surface area contributed by atoms with Gasteiger partial charge in [0.1, 0.15) is 5.69 Å². The number of aromatic nitrogens is 1. The van der Waals surface area contributed by atoms with E-state index < -0.39 is 0 Å². The molecule has 4 nitrogen and oxygen atoms in total. The number of nitrogens with zero attached hydrogens (tertiary/aromatic N) is 1. The van der Waals surface area contributed by atoms with Crippen molar-refractivity contribution < 1.29 is 4.79 Å². The van der Waals surface area contributed by atoms with Gasteiger partial charge in [0.25, 0.3) is 5.91 Å². The number of para-hydroxylation sites is 1. The van der Waals surface area contributed by atoms with E-state index >= 15 is 0 Å². The van der Waals surface area contributed by atoms with Crippen molar-refractivity contribution in [2.45, 2.75) is 39.5 Å². The van der Waals surface area contributed by atoms with E-state index in [2.05, 4.69) is 68.1 Å². The van der Waals surface area contributed by atoms with Crippen molar-refractivity contribution in [2.75, 3.05) is 11.9 Å². The first-order valence-corrected chi connectivity index (χ1v) is 8.69. The van der Waals surface area contributed by atoms with Crippen molar-refractivity contribution in [3.8, 4) is 0 Å². The van der Waals surface area contributed by atoms with E-state index in [9.17, 15) is 4.79 Å². The van der Waals surface area contributed by atoms with Gasteiger partial charge < -0.3 is 10.6 Å². The highest BCUT2D eigenvalue weighted by Gasteiger charge is 2.14. The van der Waals surface area contributed by atoms with Crippen molar-refractivity contribution in [2.24, 2.45) is 0 Å². The number of anilines is 2. The summed E-state index contributed by atoms with van der Waals surface area (Å²) >= 11 is 0. The Morgan fingerprint density at radius 1 is 1.16 bits per heavy atom. The summed E-state index contributed by atoms with van der Waals surface area (Å²) in [6, 6.07) is 10.1. The fourth-order valence-electron chi connectivity index (χ4n) is 2.73. The number of amides is 1. The minimum atomic E-state index is -0.204. The number of pyridine rings is 1. The average Bonchev–Trinajstić information content (AvgIpc) is 2.59. The Bertz CT molecular complexity index is 724. The van der Waals surface area contributed by atoms with E-state index in [1.165, 1.54) is 11.1 Å². The van der Waals surface area contributed by atoms with Gasteiger partial charge in [0.05, 0.1) is 0 Å². The number of hydrogen-bond donors (Lipinski definition) is 2. The minimum Gasteiger partial charge on any atom is -0.355 e. The third-order valence-corrected chi connectivity index (χ3v) is 4.04. The largest absolute Gasteiger partial charge is 0.355 e. The first kappa shape index (κ1) is 18.7. The van der Waals surface area contributed by atoms with Crippen LogP contribution in [0.5, 0.6) is 0 Å². The molecule has 0 atom stereocenters. The first-order valence-electron chi connectivity index (χ1n) is 8.69. The van der Waals surface area contributed by atoms with Gasteiger partial charge in [0.15, 0.2) is 0 Å². The Morgan fingerprint density at radius 3 is 2.36 bits per heavy atom. The van der Waals surface area contributed by atoms with E-state index in [1.807, 2.05) is 6.07 Å². The molecule has 0 saturated heterocycles. The SMILES string of the molecule is C=CCNC(=O)c1cc(Nc2c(C(C)C)cccc2C(C)C)ccn1. The molecule has 1 amide bonds. The van der Waals surface area contributed by atoms with Crippen molar-refractivity contribution in [3.05, 3.63) is 66.0 Å². The van der Waals surface area contributed by atoms with Crippen LogP contribution in [0.15, 0.2) is 49.2 Å². The number of rotatable bonds is 7. The maximum Gasteiger partial charge on any atom is 0.270 e. The second-order valence-electron chi connectivity index (χ2n) is 6.67. The smallest absolute Gasteiger partial charge is 0.270 e. The van der Waals surface area contributed by atoms with Crippen LogP contribution in [0.1, 0.15) is 61.1 Å². The molecule has 132 valence electrons. The minimum absolute atomic E-state index is 0.204.